The van der Waals surface area contributed by atoms with Crippen molar-refractivity contribution >= 4 is 29.9 Å². The van der Waals surface area contributed by atoms with Crippen molar-refractivity contribution < 1.29 is 4.74 Å². The summed E-state index contributed by atoms with van der Waals surface area (Å²) >= 11 is 0. The highest BCUT2D eigenvalue weighted by Crippen LogP contribution is 2.43. The first-order chi connectivity index (χ1) is 13.6. The minimum Gasteiger partial charge on any atom is -0.385 e. The van der Waals surface area contributed by atoms with Crippen LogP contribution in [0.3, 0.4) is 0 Å². The van der Waals surface area contributed by atoms with E-state index in [2.05, 4.69) is 51.2 Å². The molecular weight excluding hydrogens is 479 g/mol. The summed E-state index contributed by atoms with van der Waals surface area (Å²) in [4.78, 5) is 4.75. The molecule has 1 aliphatic carbocycles. The topological polar surface area (TPSA) is 76.4 Å². The molecule has 3 rings (SSSR count). The molecule has 160 valence electrons. The van der Waals surface area contributed by atoms with Crippen LogP contribution >= 0.6 is 24.0 Å². The Morgan fingerprint density at radius 2 is 1.97 bits per heavy atom. The van der Waals surface area contributed by atoms with Crippen molar-refractivity contribution in [1.82, 2.24) is 25.4 Å². The fourth-order valence-electron chi connectivity index (χ4n) is 3.55. The number of aliphatic imine (C=N–C) groups is 1. The molecule has 0 saturated heterocycles. The number of nitrogens with zero attached hydrogens (tertiary/aromatic N) is 4. The molecule has 1 aliphatic rings. The first-order valence-corrected chi connectivity index (χ1v) is 10.1. The van der Waals surface area contributed by atoms with Crippen LogP contribution in [0.15, 0.2) is 35.3 Å². The summed E-state index contributed by atoms with van der Waals surface area (Å²) in [5.74, 6) is 2.57. The first kappa shape index (κ1) is 23.6. The third kappa shape index (κ3) is 6.15. The van der Waals surface area contributed by atoms with E-state index in [-0.39, 0.29) is 29.4 Å². The number of aryl methyl sites for hydroxylation is 1. The fourth-order valence-corrected chi connectivity index (χ4v) is 3.55. The lowest BCUT2D eigenvalue weighted by Crippen LogP contribution is -2.49. The van der Waals surface area contributed by atoms with E-state index >= 15 is 0 Å². The lowest BCUT2D eigenvalue weighted by Gasteiger charge is -2.43. The maximum absolute atomic E-state index is 5.15. The van der Waals surface area contributed by atoms with Gasteiger partial charge in [-0.3, -0.25) is 0 Å². The minimum atomic E-state index is 0. The van der Waals surface area contributed by atoms with E-state index in [0.717, 1.165) is 43.7 Å². The molecule has 0 aliphatic heterocycles. The summed E-state index contributed by atoms with van der Waals surface area (Å²) in [6, 6.07) is 10.8. The third-order valence-electron chi connectivity index (χ3n) is 5.67. The van der Waals surface area contributed by atoms with Gasteiger partial charge in [0.15, 0.2) is 11.8 Å². The van der Waals surface area contributed by atoms with Crippen LogP contribution in [0.4, 0.5) is 0 Å². The molecule has 29 heavy (non-hydrogen) atoms. The zero-order chi connectivity index (χ0) is 19.8. The average molecular weight is 512 g/mol. The highest BCUT2D eigenvalue weighted by atomic mass is 127. The quantitative estimate of drug-likeness (QED) is 0.234. The predicted molar refractivity (Wildman–Crippen MR) is 127 cm³/mol. The Bertz CT molecular complexity index is 773. The van der Waals surface area contributed by atoms with E-state index in [4.69, 9.17) is 9.73 Å². The molecule has 7 nitrogen and oxygen atoms in total. The second-order valence-corrected chi connectivity index (χ2v) is 7.51. The number of guanidine groups is 1. The number of nitrogens with one attached hydrogen (secondary N) is 2. The lowest BCUT2D eigenvalue weighted by molar-refractivity contribution is 0.195. The zero-order valence-electron chi connectivity index (χ0n) is 17.6. The molecule has 1 heterocycles. The molecule has 0 atom stereocenters. The Kier molecular flexibility index (Phi) is 9.35. The fraction of sp³-hybridized carbons (Fsp3) is 0.571. The maximum atomic E-state index is 5.15. The Hall–Kier alpha value is -1.68. The van der Waals surface area contributed by atoms with Crippen molar-refractivity contribution in [3.05, 3.63) is 47.5 Å². The summed E-state index contributed by atoms with van der Waals surface area (Å²) < 4.78 is 7.12. The molecule has 8 heteroatoms. The van der Waals surface area contributed by atoms with E-state index in [1.165, 1.54) is 24.8 Å². The number of benzene rings is 1. The van der Waals surface area contributed by atoms with Gasteiger partial charge in [-0.05, 0) is 31.7 Å². The number of halogens is 1. The van der Waals surface area contributed by atoms with Gasteiger partial charge in [0.25, 0.3) is 0 Å². The molecule has 0 bridgehead atoms. The van der Waals surface area contributed by atoms with Gasteiger partial charge < -0.3 is 19.9 Å². The van der Waals surface area contributed by atoms with Crippen molar-refractivity contribution in [3.8, 4) is 0 Å². The van der Waals surface area contributed by atoms with Crippen molar-refractivity contribution in [2.75, 3.05) is 26.8 Å². The number of aromatic nitrogens is 3. The molecular formula is C21H33IN6O. The zero-order valence-corrected chi connectivity index (χ0v) is 20.0. The minimum absolute atomic E-state index is 0. The number of hydrogen-bond acceptors (Lipinski definition) is 4. The standard InChI is InChI=1S/C21H32N6O.HI/c1-17-25-26-19(27(17)2)15-23-20(22-13-8-14-28-3)24-16-21(11-7-12-21)18-9-5-4-6-10-18;/h4-6,9-10H,7-8,11-16H2,1-3H3,(H2,22,23,24);1H. The molecule has 2 N–H and O–H groups in total. The van der Waals surface area contributed by atoms with Crippen molar-refractivity contribution in [2.45, 2.75) is 44.6 Å². The summed E-state index contributed by atoms with van der Waals surface area (Å²) in [6.07, 6.45) is 4.64. The highest BCUT2D eigenvalue weighted by molar-refractivity contribution is 14.0. The molecule has 0 radical (unpaired) electrons. The van der Waals surface area contributed by atoms with Crippen molar-refractivity contribution in [1.29, 1.82) is 0 Å². The Balaban J connectivity index is 0.00000300. The van der Waals surface area contributed by atoms with Gasteiger partial charge in [0.2, 0.25) is 0 Å². The number of ether oxygens (including phenoxy) is 1. The molecule has 0 spiro atoms. The van der Waals surface area contributed by atoms with Gasteiger partial charge >= 0.3 is 0 Å². The monoisotopic (exact) mass is 512 g/mol. The summed E-state index contributed by atoms with van der Waals surface area (Å²) in [5.41, 5.74) is 1.62. The molecule has 2 aromatic rings. The second-order valence-electron chi connectivity index (χ2n) is 7.51. The van der Waals surface area contributed by atoms with Crippen LogP contribution in [0.5, 0.6) is 0 Å². The van der Waals surface area contributed by atoms with E-state index in [1.807, 2.05) is 18.5 Å². The van der Waals surface area contributed by atoms with Gasteiger partial charge in [0.05, 0.1) is 0 Å². The first-order valence-electron chi connectivity index (χ1n) is 10.1. The van der Waals surface area contributed by atoms with E-state index in [1.54, 1.807) is 7.11 Å². The Morgan fingerprint density at radius 3 is 2.55 bits per heavy atom. The number of rotatable bonds is 9. The summed E-state index contributed by atoms with van der Waals surface area (Å²) in [7, 11) is 3.70. The molecule has 1 saturated carbocycles. The summed E-state index contributed by atoms with van der Waals surface area (Å²) in [5, 5.41) is 15.3. The largest absolute Gasteiger partial charge is 0.385 e. The van der Waals surface area contributed by atoms with Gasteiger partial charge in [-0.25, -0.2) is 4.99 Å². The van der Waals surface area contributed by atoms with Gasteiger partial charge in [0, 0.05) is 39.3 Å². The van der Waals surface area contributed by atoms with Crippen LogP contribution in [-0.2, 0) is 23.7 Å². The molecule has 1 aromatic heterocycles. The van der Waals surface area contributed by atoms with Crippen LogP contribution in [-0.4, -0.2) is 47.5 Å². The number of hydrogen-bond donors (Lipinski definition) is 2. The van der Waals surface area contributed by atoms with Gasteiger partial charge in [-0.15, -0.1) is 34.2 Å². The number of methoxy groups -OCH3 is 1. The highest BCUT2D eigenvalue weighted by Gasteiger charge is 2.38. The van der Waals surface area contributed by atoms with Gasteiger partial charge in [0.1, 0.15) is 12.4 Å². The normalized spacial score (nSPS) is 15.3. The Labute approximate surface area is 190 Å². The van der Waals surface area contributed by atoms with Gasteiger partial charge in [-0.2, -0.15) is 0 Å². The SMILES string of the molecule is COCCCNC(=NCc1nnc(C)n1C)NCC1(c2ccccc2)CCC1.I. The molecule has 1 aromatic carbocycles. The predicted octanol–water partition coefficient (Wildman–Crippen LogP) is 2.94. The molecule has 1 fully saturated rings. The smallest absolute Gasteiger partial charge is 0.191 e. The van der Waals surface area contributed by atoms with E-state index in [0.29, 0.717) is 6.54 Å². The Morgan fingerprint density at radius 1 is 1.21 bits per heavy atom. The van der Waals surface area contributed by atoms with E-state index < -0.39 is 0 Å². The maximum Gasteiger partial charge on any atom is 0.191 e. The summed E-state index contributed by atoms with van der Waals surface area (Å²) in [6.45, 7) is 4.87. The van der Waals surface area contributed by atoms with Crippen molar-refractivity contribution in [3.63, 3.8) is 0 Å². The van der Waals surface area contributed by atoms with Crippen LogP contribution in [0.2, 0.25) is 0 Å². The second kappa shape index (κ2) is 11.5. The van der Waals surface area contributed by atoms with Crippen LogP contribution in [0.1, 0.15) is 42.9 Å². The van der Waals surface area contributed by atoms with E-state index in [9.17, 15) is 0 Å². The van der Waals surface area contributed by atoms with Crippen LogP contribution in [0.25, 0.3) is 0 Å². The van der Waals surface area contributed by atoms with Crippen LogP contribution in [0, 0.1) is 6.92 Å². The third-order valence-corrected chi connectivity index (χ3v) is 5.67. The van der Waals surface area contributed by atoms with Crippen LogP contribution < -0.4 is 10.6 Å². The lowest BCUT2D eigenvalue weighted by atomic mass is 9.64. The molecule has 0 amide bonds. The molecule has 0 unspecified atom stereocenters. The van der Waals surface area contributed by atoms with Gasteiger partial charge in [-0.1, -0.05) is 36.8 Å². The average Bonchev–Trinajstić information content (AvgIpc) is 3.00. The van der Waals surface area contributed by atoms with Crippen molar-refractivity contribution in [2.24, 2.45) is 12.0 Å².